The summed E-state index contributed by atoms with van der Waals surface area (Å²) in [4.78, 5) is 0. The Labute approximate surface area is 217 Å². The van der Waals surface area contributed by atoms with Crippen molar-refractivity contribution in [2.75, 3.05) is 7.11 Å². The lowest BCUT2D eigenvalue weighted by molar-refractivity contribution is 0.417. The summed E-state index contributed by atoms with van der Waals surface area (Å²) in [5.74, 6) is 2.33. The van der Waals surface area contributed by atoms with Gasteiger partial charge in [-0.15, -0.1) is 0 Å². The molecule has 0 bridgehead atoms. The molecule has 37 heavy (non-hydrogen) atoms. The molecule has 0 saturated carbocycles. The molecule has 0 aliphatic rings. The van der Waals surface area contributed by atoms with Gasteiger partial charge in [-0.05, 0) is 57.9 Å². The fourth-order valence-corrected chi connectivity index (χ4v) is 6.10. The van der Waals surface area contributed by atoms with Crippen LogP contribution in [0.15, 0.2) is 133 Å². The normalized spacial score (nSPS) is 11.1. The highest BCUT2D eigenvalue weighted by molar-refractivity contribution is 7.57. The van der Waals surface area contributed by atoms with Crippen molar-refractivity contribution in [1.29, 1.82) is 0 Å². The molecule has 0 unspecified atom stereocenters. The lowest BCUT2D eigenvalue weighted by Gasteiger charge is -2.24. The molecule has 0 fully saturated rings. The summed E-state index contributed by atoms with van der Waals surface area (Å²) in [7, 11) is 0.170. The van der Waals surface area contributed by atoms with Crippen LogP contribution in [0.2, 0.25) is 0 Å². The molecule has 6 rings (SSSR count). The van der Waals surface area contributed by atoms with Crippen molar-refractivity contribution in [3.63, 3.8) is 0 Å². The maximum Gasteiger partial charge on any atom is 0.326 e. The van der Waals surface area contributed by atoms with Gasteiger partial charge in [0.1, 0.15) is 17.2 Å². The van der Waals surface area contributed by atoms with Crippen LogP contribution in [0.5, 0.6) is 17.2 Å². The van der Waals surface area contributed by atoms with E-state index in [0.29, 0.717) is 0 Å². The summed E-state index contributed by atoms with van der Waals surface area (Å²) in [6.45, 7) is 0. The van der Waals surface area contributed by atoms with Crippen LogP contribution in [0.1, 0.15) is 0 Å². The predicted octanol–water partition coefficient (Wildman–Crippen LogP) is 8.76. The van der Waals surface area contributed by atoms with Crippen LogP contribution in [0.25, 0.3) is 32.7 Å². The quantitative estimate of drug-likeness (QED) is 0.205. The smallest absolute Gasteiger partial charge is 0.326 e. The zero-order valence-electron chi connectivity index (χ0n) is 20.4. The van der Waals surface area contributed by atoms with Crippen molar-refractivity contribution >= 4 is 35.2 Å². The molecule has 0 amide bonds. The van der Waals surface area contributed by atoms with E-state index in [1.54, 1.807) is 7.11 Å². The van der Waals surface area contributed by atoms with E-state index in [2.05, 4.69) is 66.7 Å². The molecule has 0 aliphatic heterocycles. The van der Waals surface area contributed by atoms with Crippen molar-refractivity contribution in [3.05, 3.63) is 133 Å². The maximum atomic E-state index is 6.60. The minimum atomic E-state index is -1.55. The molecule has 0 radical (unpaired) electrons. The third kappa shape index (κ3) is 4.62. The van der Waals surface area contributed by atoms with E-state index in [-0.39, 0.29) is 0 Å². The zero-order chi connectivity index (χ0) is 25.0. The highest BCUT2D eigenvalue weighted by atomic mass is 31.2. The van der Waals surface area contributed by atoms with E-state index in [1.807, 2.05) is 66.7 Å². The Balaban J connectivity index is 1.64. The summed E-state index contributed by atoms with van der Waals surface area (Å²) >= 11 is 0. The second-order valence-electron chi connectivity index (χ2n) is 8.61. The molecule has 6 aromatic carbocycles. The summed E-state index contributed by atoms with van der Waals surface area (Å²) < 4.78 is 19.2. The third-order valence-corrected chi connectivity index (χ3v) is 7.85. The molecule has 0 spiro atoms. The molecule has 180 valence electrons. The average Bonchev–Trinajstić information content (AvgIpc) is 2.97. The van der Waals surface area contributed by atoms with Gasteiger partial charge in [-0.25, -0.2) is 0 Å². The first-order valence-corrected chi connectivity index (χ1v) is 13.3. The van der Waals surface area contributed by atoms with Crippen LogP contribution in [0, 0.1) is 0 Å². The molecular formula is C33H25O3P. The van der Waals surface area contributed by atoms with Gasteiger partial charge in [-0.2, -0.15) is 0 Å². The van der Waals surface area contributed by atoms with Crippen molar-refractivity contribution in [1.82, 2.24) is 0 Å². The molecule has 0 heterocycles. The lowest BCUT2D eigenvalue weighted by atomic mass is 9.93. The SMILES string of the molecule is COc1ccc2ccccc2c1-c1c(P(Oc2ccccc2)Oc2ccccc2)ccc2ccccc12. The molecule has 0 atom stereocenters. The summed E-state index contributed by atoms with van der Waals surface area (Å²) in [6.07, 6.45) is 0. The molecular weight excluding hydrogens is 475 g/mol. The zero-order valence-corrected chi connectivity index (χ0v) is 21.3. The maximum absolute atomic E-state index is 6.60. The van der Waals surface area contributed by atoms with Gasteiger partial charge in [0, 0.05) is 11.1 Å². The summed E-state index contributed by atoms with van der Waals surface area (Å²) in [6, 6.07) is 45.0. The van der Waals surface area contributed by atoms with Gasteiger partial charge in [0.05, 0.1) is 12.4 Å². The Morgan fingerprint density at radius 3 is 1.51 bits per heavy atom. The first-order chi connectivity index (χ1) is 18.3. The third-order valence-electron chi connectivity index (χ3n) is 6.33. The number of ether oxygens (including phenoxy) is 1. The van der Waals surface area contributed by atoms with Crippen molar-refractivity contribution < 1.29 is 13.8 Å². The topological polar surface area (TPSA) is 27.7 Å². The van der Waals surface area contributed by atoms with Gasteiger partial charge in [0.15, 0.2) is 0 Å². The molecule has 3 nitrogen and oxygen atoms in total. The van der Waals surface area contributed by atoms with E-state index in [9.17, 15) is 0 Å². The predicted molar refractivity (Wildman–Crippen MR) is 154 cm³/mol. The standard InChI is InChI=1S/C33H25O3P/c1-34-30-22-20-24-12-8-10-18-28(24)32(30)33-29-19-11-9-13-25(29)21-23-31(33)37(35-26-14-4-2-5-15-26)36-27-16-6-3-7-17-27/h2-23H,1H3. The highest BCUT2D eigenvalue weighted by Crippen LogP contribution is 2.47. The Morgan fingerprint density at radius 1 is 0.459 bits per heavy atom. The lowest BCUT2D eigenvalue weighted by Crippen LogP contribution is -2.14. The van der Waals surface area contributed by atoms with Crippen molar-refractivity contribution in [2.45, 2.75) is 0 Å². The fourth-order valence-electron chi connectivity index (χ4n) is 4.63. The van der Waals surface area contributed by atoms with E-state index >= 15 is 0 Å². The van der Waals surface area contributed by atoms with Gasteiger partial charge < -0.3 is 13.8 Å². The van der Waals surface area contributed by atoms with Gasteiger partial charge in [0.25, 0.3) is 0 Å². The first-order valence-electron chi connectivity index (χ1n) is 12.2. The van der Waals surface area contributed by atoms with Crippen molar-refractivity contribution in [3.8, 4) is 28.4 Å². The largest absolute Gasteiger partial charge is 0.496 e. The Morgan fingerprint density at radius 2 is 0.946 bits per heavy atom. The first kappa shape index (κ1) is 23.1. The van der Waals surface area contributed by atoms with E-state index in [4.69, 9.17) is 13.8 Å². The molecule has 0 N–H and O–H groups in total. The van der Waals surface area contributed by atoms with Gasteiger partial charge in [-0.1, -0.05) is 97.1 Å². The monoisotopic (exact) mass is 500 g/mol. The summed E-state index contributed by atoms with van der Waals surface area (Å²) in [5.41, 5.74) is 2.10. The second-order valence-corrected chi connectivity index (χ2v) is 9.97. The number of methoxy groups -OCH3 is 1. The Kier molecular flexibility index (Phi) is 6.45. The Bertz CT molecular complexity index is 1620. The van der Waals surface area contributed by atoms with E-state index in [0.717, 1.165) is 55.2 Å². The fraction of sp³-hybridized carbons (Fsp3) is 0.0303. The minimum absolute atomic E-state index is 0.758. The van der Waals surface area contributed by atoms with E-state index in [1.165, 1.54) is 0 Å². The van der Waals surface area contributed by atoms with Gasteiger partial charge in [0.2, 0.25) is 0 Å². The van der Waals surface area contributed by atoms with Gasteiger partial charge >= 0.3 is 8.38 Å². The number of hydrogen-bond acceptors (Lipinski definition) is 3. The van der Waals surface area contributed by atoms with Crippen LogP contribution in [0.4, 0.5) is 0 Å². The Hall–Kier alpha value is -4.33. The van der Waals surface area contributed by atoms with Crippen LogP contribution in [0.3, 0.4) is 0 Å². The molecule has 0 saturated heterocycles. The molecule has 0 aliphatic carbocycles. The molecule has 4 heteroatoms. The van der Waals surface area contributed by atoms with Crippen LogP contribution in [-0.4, -0.2) is 7.11 Å². The van der Waals surface area contributed by atoms with Crippen molar-refractivity contribution in [2.24, 2.45) is 0 Å². The number of rotatable bonds is 7. The van der Waals surface area contributed by atoms with Gasteiger partial charge in [-0.3, -0.25) is 0 Å². The van der Waals surface area contributed by atoms with Crippen LogP contribution >= 0.6 is 8.38 Å². The highest BCUT2D eigenvalue weighted by Gasteiger charge is 2.27. The molecule has 6 aromatic rings. The molecule has 0 aromatic heterocycles. The van der Waals surface area contributed by atoms with Crippen LogP contribution in [-0.2, 0) is 0 Å². The number of benzene rings is 6. The second kappa shape index (κ2) is 10.3. The number of fused-ring (bicyclic) bond motifs is 2. The summed E-state index contributed by atoms with van der Waals surface area (Å²) in [5, 5.41) is 5.51. The number of hydrogen-bond donors (Lipinski definition) is 0. The average molecular weight is 501 g/mol. The van der Waals surface area contributed by atoms with E-state index < -0.39 is 8.38 Å². The van der Waals surface area contributed by atoms with Crippen LogP contribution < -0.4 is 19.1 Å². The number of para-hydroxylation sites is 2. The minimum Gasteiger partial charge on any atom is -0.496 e.